The maximum Gasteiger partial charge on any atom is 0.270 e. The average Bonchev–Trinajstić information content (AvgIpc) is 2.71. The summed E-state index contributed by atoms with van der Waals surface area (Å²) < 4.78 is 3.05. The Morgan fingerprint density at radius 1 is 1.50 bits per heavy atom. The maximum absolute atomic E-state index is 12.6. The third kappa shape index (κ3) is 2.79. The summed E-state index contributed by atoms with van der Waals surface area (Å²) in [7, 11) is 0. The highest BCUT2D eigenvalue weighted by Gasteiger charge is 2.26. The molecule has 1 amide bonds. The van der Waals surface area contributed by atoms with E-state index in [0.29, 0.717) is 6.04 Å². The summed E-state index contributed by atoms with van der Waals surface area (Å²) in [5.74, 6) is 0.182. The van der Waals surface area contributed by atoms with Gasteiger partial charge in [0.25, 0.3) is 5.91 Å². The molecule has 0 N–H and O–H groups in total. The molecule has 3 nitrogen and oxygen atoms in total. The lowest BCUT2D eigenvalue weighted by Gasteiger charge is -2.33. The highest BCUT2D eigenvalue weighted by atomic mass is 79.9. The zero-order chi connectivity index (χ0) is 13.1. The van der Waals surface area contributed by atoms with Crippen molar-refractivity contribution in [1.29, 1.82) is 0 Å². The second kappa shape index (κ2) is 5.91. The third-order valence-electron chi connectivity index (χ3n) is 3.61. The van der Waals surface area contributed by atoms with Gasteiger partial charge in [-0.15, -0.1) is 0 Å². The van der Waals surface area contributed by atoms with E-state index >= 15 is 0 Å². The lowest BCUT2D eigenvalue weighted by molar-refractivity contribution is 0.0624. The Balaban J connectivity index is 2.21. The van der Waals surface area contributed by atoms with Gasteiger partial charge in [0.15, 0.2) is 0 Å². The van der Waals surface area contributed by atoms with Gasteiger partial charge in [-0.05, 0) is 54.6 Å². The van der Waals surface area contributed by atoms with Crippen LogP contribution < -0.4 is 0 Å². The molecule has 0 aliphatic carbocycles. The van der Waals surface area contributed by atoms with E-state index in [1.54, 1.807) is 0 Å². The summed E-state index contributed by atoms with van der Waals surface area (Å²) in [5, 5.41) is 0. The van der Waals surface area contributed by atoms with Crippen LogP contribution in [0.4, 0.5) is 0 Å². The number of halogens is 1. The van der Waals surface area contributed by atoms with Crippen LogP contribution in [0.25, 0.3) is 0 Å². The summed E-state index contributed by atoms with van der Waals surface area (Å²) in [6.07, 6.45) is 6.54. The number of hydrogen-bond acceptors (Lipinski definition) is 1. The highest BCUT2D eigenvalue weighted by molar-refractivity contribution is 9.10. The number of amides is 1. The molecule has 1 saturated heterocycles. The summed E-state index contributed by atoms with van der Waals surface area (Å²) in [6.45, 7) is 6.08. The van der Waals surface area contributed by atoms with Crippen LogP contribution in [0.3, 0.4) is 0 Å². The minimum Gasteiger partial charge on any atom is -0.342 e. The average molecular weight is 313 g/mol. The molecule has 1 aliphatic heterocycles. The van der Waals surface area contributed by atoms with Crippen molar-refractivity contribution in [1.82, 2.24) is 9.47 Å². The lowest BCUT2D eigenvalue weighted by Crippen LogP contribution is -2.42. The van der Waals surface area contributed by atoms with E-state index in [9.17, 15) is 4.79 Å². The molecule has 1 unspecified atom stereocenters. The predicted molar refractivity (Wildman–Crippen MR) is 76.8 cm³/mol. The van der Waals surface area contributed by atoms with Crippen molar-refractivity contribution in [2.45, 2.75) is 52.1 Å². The number of aryl methyl sites for hydroxylation is 1. The van der Waals surface area contributed by atoms with Crippen molar-refractivity contribution in [3.05, 3.63) is 22.4 Å². The zero-order valence-electron chi connectivity index (χ0n) is 11.2. The molecule has 1 aromatic rings. The van der Waals surface area contributed by atoms with Crippen LogP contribution >= 0.6 is 15.9 Å². The van der Waals surface area contributed by atoms with Gasteiger partial charge in [-0.2, -0.15) is 0 Å². The van der Waals surface area contributed by atoms with Crippen LogP contribution in [0.1, 0.15) is 50.0 Å². The van der Waals surface area contributed by atoms with E-state index < -0.39 is 0 Å². The molecule has 1 fully saturated rings. The largest absolute Gasteiger partial charge is 0.342 e. The Hall–Kier alpha value is -0.770. The summed E-state index contributed by atoms with van der Waals surface area (Å²) in [6, 6.07) is 2.31. The highest BCUT2D eigenvalue weighted by Crippen LogP contribution is 2.22. The fourth-order valence-electron chi connectivity index (χ4n) is 2.63. The second-order valence-electron chi connectivity index (χ2n) is 5.08. The van der Waals surface area contributed by atoms with E-state index in [2.05, 4.69) is 34.3 Å². The number of carbonyl (C=O) groups is 1. The van der Waals surface area contributed by atoms with Gasteiger partial charge in [0.05, 0.1) is 0 Å². The fourth-order valence-corrected chi connectivity index (χ4v) is 3.09. The molecule has 0 spiro atoms. The van der Waals surface area contributed by atoms with Crippen molar-refractivity contribution in [2.24, 2.45) is 0 Å². The Labute approximate surface area is 117 Å². The van der Waals surface area contributed by atoms with Crippen molar-refractivity contribution < 1.29 is 4.79 Å². The molecule has 2 rings (SSSR count). The number of carbonyl (C=O) groups excluding carboxylic acids is 1. The van der Waals surface area contributed by atoms with Crippen LogP contribution in [0, 0.1) is 0 Å². The minimum atomic E-state index is 0.182. The van der Waals surface area contributed by atoms with Crippen LogP contribution in [0.15, 0.2) is 16.7 Å². The molecule has 1 aromatic heterocycles. The molecule has 0 saturated carbocycles. The molecule has 2 heterocycles. The van der Waals surface area contributed by atoms with Crippen LogP contribution in [-0.4, -0.2) is 28.0 Å². The summed E-state index contributed by atoms with van der Waals surface area (Å²) in [5.41, 5.74) is 0.817. The number of rotatable bonds is 3. The van der Waals surface area contributed by atoms with E-state index in [1.165, 1.54) is 6.42 Å². The quantitative estimate of drug-likeness (QED) is 0.836. The van der Waals surface area contributed by atoms with Gasteiger partial charge < -0.3 is 9.47 Å². The molecular weight excluding hydrogens is 292 g/mol. The first kappa shape index (κ1) is 13.7. The van der Waals surface area contributed by atoms with Crippen molar-refractivity contribution in [3.8, 4) is 0 Å². The van der Waals surface area contributed by atoms with Crippen molar-refractivity contribution in [3.63, 3.8) is 0 Å². The number of aromatic nitrogens is 1. The first-order valence-corrected chi connectivity index (χ1v) is 7.59. The monoisotopic (exact) mass is 312 g/mol. The van der Waals surface area contributed by atoms with Crippen LogP contribution in [0.2, 0.25) is 0 Å². The maximum atomic E-state index is 12.6. The molecular formula is C14H21BrN2O. The van der Waals surface area contributed by atoms with Gasteiger partial charge in [-0.3, -0.25) is 4.79 Å². The second-order valence-corrected chi connectivity index (χ2v) is 6.00. The normalized spacial score (nSPS) is 20.2. The molecule has 0 radical (unpaired) electrons. The summed E-state index contributed by atoms with van der Waals surface area (Å²) in [4.78, 5) is 14.6. The van der Waals surface area contributed by atoms with Gasteiger partial charge in [-0.25, -0.2) is 0 Å². The van der Waals surface area contributed by atoms with Crippen LogP contribution in [-0.2, 0) is 6.54 Å². The molecule has 0 bridgehead atoms. The molecule has 1 atom stereocenters. The smallest absolute Gasteiger partial charge is 0.270 e. The first-order valence-electron chi connectivity index (χ1n) is 6.80. The first-order chi connectivity index (χ1) is 8.63. The van der Waals surface area contributed by atoms with Crippen molar-refractivity contribution >= 4 is 21.8 Å². The Morgan fingerprint density at radius 3 is 2.94 bits per heavy atom. The number of nitrogens with zero attached hydrogens (tertiary/aromatic N) is 2. The van der Waals surface area contributed by atoms with E-state index in [-0.39, 0.29) is 5.91 Å². The number of piperidine rings is 1. The van der Waals surface area contributed by atoms with E-state index in [0.717, 1.165) is 42.5 Å². The SMILES string of the molecule is CCCn1cc(Br)cc1C(=O)N1CCCCC1C. The molecule has 100 valence electrons. The lowest BCUT2D eigenvalue weighted by atomic mass is 10.0. The standard InChI is InChI=1S/C14H21BrN2O/c1-3-7-16-10-12(15)9-13(16)14(18)17-8-5-4-6-11(17)2/h9-11H,3-8H2,1-2H3. The molecule has 0 aromatic carbocycles. The van der Waals surface area contributed by atoms with Gasteiger partial charge in [0.2, 0.25) is 0 Å². The zero-order valence-corrected chi connectivity index (χ0v) is 12.7. The van der Waals surface area contributed by atoms with E-state index in [4.69, 9.17) is 0 Å². The van der Waals surface area contributed by atoms with Gasteiger partial charge in [0.1, 0.15) is 5.69 Å². The molecule has 18 heavy (non-hydrogen) atoms. The number of hydrogen-bond donors (Lipinski definition) is 0. The summed E-state index contributed by atoms with van der Waals surface area (Å²) >= 11 is 3.47. The van der Waals surface area contributed by atoms with Gasteiger partial charge >= 0.3 is 0 Å². The van der Waals surface area contributed by atoms with Gasteiger partial charge in [-0.1, -0.05) is 6.92 Å². The third-order valence-corrected chi connectivity index (χ3v) is 4.04. The predicted octanol–water partition coefficient (Wildman–Crippen LogP) is 3.68. The Bertz CT molecular complexity index is 427. The Morgan fingerprint density at radius 2 is 2.28 bits per heavy atom. The topological polar surface area (TPSA) is 25.2 Å². The van der Waals surface area contributed by atoms with Crippen molar-refractivity contribution in [2.75, 3.05) is 6.54 Å². The number of likely N-dealkylation sites (tertiary alicyclic amines) is 1. The van der Waals surface area contributed by atoms with Crippen LogP contribution in [0.5, 0.6) is 0 Å². The van der Waals surface area contributed by atoms with Gasteiger partial charge in [0, 0.05) is 29.8 Å². The van der Waals surface area contributed by atoms with E-state index in [1.807, 2.05) is 17.2 Å². The Kier molecular flexibility index (Phi) is 4.49. The molecule has 4 heteroatoms. The fraction of sp³-hybridized carbons (Fsp3) is 0.643. The molecule has 1 aliphatic rings. The minimum absolute atomic E-state index is 0.182.